The van der Waals surface area contributed by atoms with E-state index in [9.17, 15) is 4.39 Å². The Morgan fingerprint density at radius 1 is 1.28 bits per heavy atom. The predicted molar refractivity (Wildman–Crippen MR) is 97.4 cm³/mol. The van der Waals surface area contributed by atoms with Gasteiger partial charge in [0.15, 0.2) is 5.96 Å². The van der Waals surface area contributed by atoms with Crippen molar-refractivity contribution in [3.8, 4) is 0 Å². The number of halogens is 1. The van der Waals surface area contributed by atoms with Gasteiger partial charge in [-0.2, -0.15) is 0 Å². The Kier molecular flexibility index (Phi) is 8.65. The molecule has 1 aromatic carbocycles. The van der Waals surface area contributed by atoms with E-state index in [1.807, 2.05) is 6.92 Å². The zero-order chi connectivity index (χ0) is 17.9. The molecule has 140 valence electrons. The van der Waals surface area contributed by atoms with Crippen LogP contribution in [0.25, 0.3) is 0 Å². The highest BCUT2D eigenvalue weighted by Gasteiger charge is 2.12. The number of morpholine rings is 1. The first-order chi connectivity index (χ1) is 12.2. The van der Waals surface area contributed by atoms with Crippen molar-refractivity contribution in [3.63, 3.8) is 0 Å². The Morgan fingerprint density at radius 2 is 2.00 bits per heavy atom. The summed E-state index contributed by atoms with van der Waals surface area (Å²) in [6, 6.07) is 6.35. The number of guanidine groups is 1. The fourth-order valence-corrected chi connectivity index (χ4v) is 2.67. The van der Waals surface area contributed by atoms with E-state index in [2.05, 4.69) is 20.5 Å². The van der Waals surface area contributed by atoms with Crippen LogP contribution in [0.15, 0.2) is 29.3 Å². The SMILES string of the molecule is CCNC(=NCC(OC)c1ccc(F)cc1)NCCN1CCOCC1. The number of hydrogen-bond donors (Lipinski definition) is 2. The van der Waals surface area contributed by atoms with Gasteiger partial charge in [0.1, 0.15) is 11.9 Å². The number of hydrogen-bond acceptors (Lipinski definition) is 4. The van der Waals surface area contributed by atoms with Crippen molar-refractivity contribution in [2.45, 2.75) is 13.0 Å². The zero-order valence-electron chi connectivity index (χ0n) is 15.1. The van der Waals surface area contributed by atoms with Gasteiger partial charge in [0.25, 0.3) is 0 Å². The Labute approximate surface area is 149 Å². The predicted octanol–water partition coefficient (Wildman–Crippen LogP) is 1.40. The summed E-state index contributed by atoms with van der Waals surface area (Å²) in [7, 11) is 1.64. The average molecular weight is 352 g/mol. The van der Waals surface area contributed by atoms with E-state index < -0.39 is 0 Å². The van der Waals surface area contributed by atoms with Crippen LogP contribution in [-0.4, -0.2) is 70.5 Å². The Bertz CT molecular complexity index is 518. The summed E-state index contributed by atoms with van der Waals surface area (Å²) in [6.45, 7) is 8.64. The van der Waals surface area contributed by atoms with E-state index in [1.165, 1.54) is 12.1 Å². The lowest BCUT2D eigenvalue weighted by Gasteiger charge is -2.26. The van der Waals surface area contributed by atoms with Crippen molar-refractivity contribution in [1.82, 2.24) is 15.5 Å². The third-order valence-electron chi connectivity index (χ3n) is 4.11. The highest BCUT2D eigenvalue weighted by molar-refractivity contribution is 5.79. The molecule has 0 aromatic heterocycles. The molecule has 1 unspecified atom stereocenters. The summed E-state index contributed by atoms with van der Waals surface area (Å²) in [5.74, 6) is 0.514. The van der Waals surface area contributed by atoms with E-state index >= 15 is 0 Å². The molecule has 25 heavy (non-hydrogen) atoms. The van der Waals surface area contributed by atoms with E-state index in [1.54, 1.807) is 19.2 Å². The van der Waals surface area contributed by atoms with Gasteiger partial charge in [-0.15, -0.1) is 0 Å². The quantitative estimate of drug-likeness (QED) is 0.547. The second kappa shape index (κ2) is 11.0. The highest BCUT2D eigenvalue weighted by atomic mass is 19.1. The maximum atomic E-state index is 13.1. The molecule has 0 aliphatic carbocycles. The number of nitrogens with one attached hydrogen (secondary N) is 2. The number of benzene rings is 1. The fourth-order valence-electron chi connectivity index (χ4n) is 2.67. The minimum Gasteiger partial charge on any atom is -0.379 e. The first-order valence-corrected chi connectivity index (χ1v) is 8.83. The van der Waals surface area contributed by atoms with E-state index in [-0.39, 0.29) is 11.9 Å². The average Bonchev–Trinajstić information content (AvgIpc) is 2.64. The highest BCUT2D eigenvalue weighted by Crippen LogP contribution is 2.17. The third kappa shape index (κ3) is 6.97. The minimum absolute atomic E-state index is 0.199. The van der Waals surface area contributed by atoms with Crippen molar-refractivity contribution in [1.29, 1.82) is 0 Å². The molecule has 6 nitrogen and oxygen atoms in total. The summed E-state index contributed by atoms with van der Waals surface area (Å²) in [4.78, 5) is 6.97. The van der Waals surface area contributed by atoms with E-state index in [4.69, 9.17) is 9.47 Å². The summed E-state index contributed by atoms with van der Waals surface area (Å²) in [5.41, 5.74) is 0.914. The van der Waals surface area contributed by atoms with Crippen LogP contribution < -0.4 is 10.6 Å². The van der Waals surface area contributed by atoms with Gasteiger partial charge in [-0.05, 0) is 24.6 Å². The van der Waals surface area contributed by atoms with E-state index in [0.717, 1.165) is 57.5 Å². The third-order valence-corrected chi connectivity index (χ3v) is 4.11. The number of rotatable bonds is 8. The lowest BCUT2D eigenvalue weighted by molar-refractivity contribution is 0.0389. The lowest BCUT2D eigenvalue weighted by atomic mass is 10.1. The molecule has 2 rings (SSSR count). The van der Waals surface area contributed by atoms with Crippen LogP contribution in [0.2, 0.25) is 0 Å². The number of methoxy groups -OCH3 is 1. The van der Waals surface area contributed by atoms with Crippen molar-refractivity contribution in [2.75, 3.05) is 59.6 Å². The first kappa shape index (κ1) is 19.6. The molecule has 2 N–H and O–H groups in total. The molecule has 0 spiro atoms. The number of nitrogens with zero attached hydrogens (tertiary/aromatic N) is 2. The molecule has 1 saturated heterocycles. The molecule has 1 heterocycles. The van der Waals surface area contributed by atoms with Gasteiger partial charge >= 0.3 is 0 Å². The van der Waals surface area contributed by atoms with Crippen LogP contribution in [0, 0.1) is 5.82 Å². The van der Waals surface area contributed by atoms with Gasteiger partial charge in [0.05, 0.1) is 19.8 Å². The van der Waals surface area contributed by atoms with Crippen LogP contribution in [0.3, 0.4) is 0 Å². The lowest BCUT2D eigenvalue weighted by Crippen LogP contribution is -2.44. The smallest absolute Gasteiger partial charge is 0.191 e. The molecule has 1 aliphatic rings. The van der Waals surface area contributed by atoms with Crippen molar-refractivity contribution in [3.05, 3.63) is 35.6 Å². The normalized spacial score (nSPS) is 17.3. The van der Waals surface area contributed by atoms with Crippen LogP contribution in [0.1, 0.15) is 18.6 Å². The van der Waals surface area contributed by atoms with Crippen molar-refractivity contribution >= 4 is 5.96 Å². The summed E-state index contributed by atoms with van der Waals surface area (Å²) >= 11 is 0. The number of aliphatic imine (C=N–C) groups is 1. The molecule has 1 atom stereocenters. The molecule has 0 bridgehead atoms. The molecule has 0 saturated carbocycles. The largest absolute Gasteiger partial charge is 0.379 e. The first-order valence-electron chi connectivity index (χ1n) is 8.83. The van der Waals surface area contributed by atoms with Gasteiger partial charge in [0.2, 0.25) is 0 Å². The molecular formula is C18H29FN4O2. The van der Waals surface area contributed by atoms with Gasteiger partial charge in [0, 0.05) is 39.8 Å². The summed E-state index contributed by atoms with van der Waals surface area (Å²) in [6.07, 6.45) is -0.199. The molecule has 0 radical (unpaired) electrons. The topological polar surface area (TPSA) is 58.1 Å². The number of ether oxygens (including phenoxy) is 2. The molecular weight excluding hydrogens is 323 g/mol. The van der Waals surface area contributed by atoms with Crippen LogP contribution in [-0.2, 0) is 9.47 Å². The van der Waals surface area contributed by atoms with Crippen LogP contribution in [0.4, 0.5) is 4.39 Å². The molecule has 1 aromatic rings. The van der Waals surface area contributed by atoms with E-state index in [0.29, 0.717) is 6.54 Å². The maximum Gasteiger partial charge on any atom is 0.191 e. The van der Waals surface area contributed by atoms with Gasteiger partial charge < -0.3 is 20.1 Å². The molecule has 0 amide bonds. The van der Waals surface area contributed by atoms with Crippen LogP contribution in [0.5, 0.6) is 0 Å². The Hall–Kier alpha value is -1.70. The monoisotopic (exact) mass is 352 g/mol. The van der Waals surface area contributed by atoms with Crippen molar-refractivity contribution in [2.24, 2.45) is 4.99 Å². The van der Waals surface area contributed by atoms with Crippen LogP contribution >= 0.6 is 0 Å². The summed E-state index contributed by atoms with van der Waals surface area (Å²) in [5, 5.41) is 6.59. The van der Waals surface area contributed by atoms with Crippen molar-refractivity contribution < 1.29 is 13.9 Å². The minimum atomic E-state index is -0.250. The molecule has 1 aliphatic heterocycles. The second-order valence-electron chi connectivity index (χ2n) is 5.88. The van der Waals surface area contributed by atoms with Gasteiger partial charge in [-0.1, -0.05) is 12.1 Å². The zero-order valence-corrected chi connectivity index (χ0v) is 15.1. The Morgan fingerprint density at radius 3 is 2.64 bits per heavy atom. The van der Waals surface area contributed by atoms with Gasteiger partial charge in [-0.25, -0.2) is 4.39 Å². The summed E-state index contributed by atoms with van der Waals surface area (Å²) < 4.78 is 23.9. The fraction of sp³-hybridized carbons (Fsp3) is 0.611. The second-order valence-corrected chi connectivity index (χ2v) is 5.88. The molecule has 7 heteroatoms. The standard InChI is InChI=1S/C18H29FN4O2/c1-3-20-18(21-8-9-23-10-12-25-13-11-23)22-14-17(24-2)15-4-6-16(19)7-5-15/h4-7,17H,3,8-14H2,1-2H3,(H2,20,21,22). The molecule has 1 fully saturated rings. The maximum absolute atomic E-state index is 13.1. The Balaban J connectivity index is 1.84. The van der Waals surface area contributed by atoms with Gasteiger partial charge in [-0.3, -0.25) is 9.89 Å².